The first-order valence-corrected chi connectivity index (χ1v) is 8.38. The van der Waals surface area contributed by atoms with E-state index in [1.54, 1.807) is 24.3 Å². The Morgan fingerprint density at radius 3 is 2.68 bits per heavy atom. The number of halogens is 2. The fourth-order valence-corrected chi connectivity index (χ4v) is 3.29. The summed E-state index contributed by atoms with van der Waals surface area (Å²) in [6, 6.07) is 6.75. The minimum absolute atomic E-state index is 0.102. The molecule has 0 aliphatic rings. The van der Waals surface area contributed by atoms with Gasteiger partial charge in [0.05, 0.1) is 17.1 Å². The molecule has 5 nitrogen and oxygen atoms in total. The minimum Gasteiger partial charge on any atom is -0.481 e. The number of ketones is 1. The van der Waals surface area contributed by atoms with E-state index in [2.05, 4.69) is 9.97 Å². The van der Waals surface area contributed by atoms with Crippen LogP contribution in [0.15, 0.2) is 30.5 Å². The van der Waals surface area contributed by atoms with Crippen LogP contribution >= 0.6 is 23.2 Å². The summed E-state index contributed by atoms with van der Waals surface area (Å²) < 4.78 is 0. The van der Waals surface area contributed by atoms with Crippen molar-refractivity contribution in [2.75, 3.05) is 0 Å². The van der Waals surface area contributed by atoms with Crippen molar-refractivity contribution in [3.8, 4) is 0 Å². The van der Waals surface area contributed by atoms with E-state index in [9.17, 15) is 14.7 Å². The van der Waals surface area contributed by atoms with E-state index in [0.717, 1.165) is 5.56 Å². The number of aromatic nitrogens is 2. The zero-order valence-corrected chi connectivity index (χ0v) is 14.8. The molecule has 0 aliphatic carbocycles. The van der Waals surface area contributed by atoms with Crippen LogP contribution in [0.25, 0.3) is 10.9 Å². The van der Waals surface area contributed by atoms with E-state index in [0.29, 0.717) is 27.9 Å². The normalized spacial score (nSPS) is 11.0. The number of carboxylic acid groups (broad SMARTS) is 1. The first-order chi connectivity index (χ1) is 11.9. The number of fused-ring (bicyclic) bond motifs is 1. The fraction of sp³-hybridized carbons (Fsp3) is 0.167. The molecular weight excluding hydrogens is 363 g/mol. The number of aromatic amines is 1. The lowest BCUT2D eigenvalue weighted by Crippen LogP contribution is -2.11. The summed E-state index contributed by atoms with van der Waals surface area (Å²) in [5.41, 5.74) is 2.06. The topological polar surface area (TPSA) is 83.0 Å². The number of rotatable bonds is 5. The second kappa shape index (κ2) is 6.86. The van der Waals surface area contributed by atoms with E-state index in [4.69, 9.17) is 23.2 Å². The Bertz CT molecular complexity index is 995. The quantitative estimate of drug-likeness (QED) is 0.650. The highest BCUT2D eigenvalue weighted by Gasteiger charge is 2.24. The third-order valence-electron chi connectivity index (χ3n) is 3.99. The highest BCUT2D eigenvalue weighted by Crippen LogP contribution is 2.29. The van der Waals surface area contributed by atoms with Crippen molar-refractivity contribution < 1.29 is 14.7 Å². The number of carboxylic acids is 1. The van der Waals surface area contributed by atoms with Gasteiger partial charge in [0.1, 0.15) is 5.69 Å². The Hall–Kier alpha value is -2.37. The van der Waals surface area contributed by atoms with Crippen LogP contribution in [-0.2, 0) is 17.6 Å². The predicted octanol–water partition coefficient (Wildman–Crippen LogP) is 4.29. The molecule has 128 valence electrons. The molecular formula is C18H14Cl2N2O3. The number of nitrogens with one attached hydrogen (secondary N) is 1. The van der Waals surface area contributed by atoms with Gasteiger partial charge in [-0.2, -0.15) is 0 Å². The molecule has 0 spiro atoms. The molecule has 3 rings (SSSR count). The van der Waals surface area contributed by atoms with Gasteiger partial charge in [0, 0.05) is 27.7 Å². The molecule has 0 atom stereocenters. The number of nitrogens with zero attached hydrogens (tertiary/aromatic N) is 1. The third-order valence-corrected chi connectivity index (χ3v) is 4.65. The zero-order valence-electron chi connectivity index (χ0n) is 13.3. The highest BCUT2D eigenvalue weighted by atomic mass is 35.5. The van der Waals surface area contributed by atoms with E-state index in [1.165, 1.54) is 6.20 Å². The maximum Gasteiger partial charge on any atom is 0.307 e. The average Bonchev–Trinajstić information content (AvgIpc) is 2.91. The van der Waals surface area contributed by atoms with E-state index < -0.39 is 11.8 Å². The summed E-state index contributed by atoms with van der Waals surface area (Å²) in [5, 5.41) is 10.6. The van der Waals surface area contributed by atoms with Crippen LogP contribution in [0.4, 0.5) is 0 Å². The van der Waals surface area contributed by atoms with Gasteiger partial charge >= 0.3 is 5.97 Å². The summed E-state index contributed by atoms with van der Waals surface area (Å²) in [6.45, 7) is 1.93. The molecule has 7 heteroatoms. The number of benzene rings is 1. The summed E-state index contributed by atoms with van der Waals surface area (Å²) in [4.78, 5) is 31.3. The second-order valence-corrected chi connectivity index (χ2v) is 6.37. The second-order valence-electron chi connectivity index (χ2n) is 5.55. The average molecular weight is 377 g/mol. The fourth-order valence-electron chi connectivity index (χ4n) is 2.79. The van der Waals surface area contributed by atoms with Crippen LogP contribution in [-0.4, -0.2) is 26.8 Å². The van der Waals surface area contributed by atoms with E-state index >= 15 is 0 Å². The Labute approximate surface area is 153 Å². The van der Waals surface area contributed by atoms with Crippen LogP contribution in [0.3, 0.4) is 0 Å². The molecule has 0 bridgehead atoms. The Kier molecular flexibility index (Phi) is 4.79. The maximum absolute atomic E-state index is 13.0. The molecule has 0 saturated heterocycles. The lowest BCUT2D eigenvalue weighted by atomic mass is 10.0. The van der Waals surface area contributed by atoms with Gasteiger partial charge in [-0.15, -0.1) is 0 Å². The van der Waals surface area contributed by atoms with Crippen molar-refractivity contribution >= 4 is 45.9 Å². The van der Waals surface area contributed by atoms with E-state index in [-0.39, 0.29) is 22.8 Å². The van der Waals surface area contributed by atoms with Gasteiger partial charge in [-0.05, 0) is 30.2 Å². The first-order valence-electron chi connectivity index (χ1n) is 7.62. The van der Waals surface area contributed by atoms with Crippen molar-refractivity contribution in [2.24, 2.45) is 0 Å². The van der Waals surface area contributed by atoms with Crippen LogP contribution in [0, 0.1) is 0 Å². The molecule has 2 aromatic heterocycles. The van der Waals surface area contributed by atoms with Gasteiger partial charge in [-0.25, -0.2) is 0 Å². The summed E-state index contributed by atoms with van der Waals surface area (Å²) in [7, 11) is 0. The molecule has 0 radical (unpaired) electrons. The van der Waals surface area contributed by atoms with Crippen molar-refractivity contribution in [2.45, 2.75) is 19.8 Å². The van der Waals surface area contributed by atoms with E-state index in [1.807, 2.05) is 6.92 Å². The van der Waals surface area contributed by atoms with Gasteiger partial charge in [0.2, 0.25) is 5.78 Å². The Morgan fingerprint density at radius 2 is 2.00 bits per heavy atom. The summed E-state index contributed by atoms with van der Waals surface area (Å²) in [6.07, 6.45) is 1.88. The van der Waals surface area contributed by atoms with Crippen LogP contribution in [0.5, 0.6) is 0 Å². The monoisotopic (exact) mass is 376 g/mol. The lowest BCUT2D eigenvalue weighted by Gasteiger charge is -2.07. The number of aliphatic carboxylic acids is 1. The van der Waals surface area contributed by atoms with Crippen LogP contribution in [0.2, 0.25) is 10.0 Å². The van der Waals surface area contributed by atoms with Gasteiger partial charge < -0.3 is 10.1 Å². The SMILES string of the molecule is CCc1ccnc(C(=O)c2[nH]c3cc(Cl)ccc3c2CC(=O)O)c1Cl. The molecule has 0 aliphatic heterocycles. The van der Waals surface area contributed by atoms with Gasteiger partial charge in [-0.1, -0.05) is 36.2 Å². The molecule has 1 aromatic carbocycles. The van der Waals surface area contributed by atoms with Crippen LogP contribution in [0.1, 0.15) is 34.2 Å². The van der Waals surface area contributed by atoms with Gasteiger partial charge in [0.15, 0.2) is 0 Å². The minimum atomic E-state index is -1.04. The number of aryl methyl sites for hydroxylation is 1. The number of pyridine rings is 1. The molecule has 0 amide bonds. The number of H-pyrrole nitrogens is 1. The maximum atomic E-state index is 13.0. The Morgan fingerprint density at radius 1 is 1.24 bits per heavy atom. The summed E-state index contributed by atoms with van der Waals surface area (Å²) >= 11 is 12.3. The molecule has 0 fully saturated rings. The smallest absolute Gasteiger partial charge is 0.307 e. The van der Waals surface area contributed by atoms with Crippen molar-refractivity contribution in [3.63, 3.8) is 0 Å². The summed E-state index contributed by atoms with van der Waals surface area (Å²) in [5.74, 6) is -1.48. The molecule has 2 N–H and O–H groups in total. The highest BCUT2D eigenvalue weighted by molar-refractivity contribution is 6.35. The lowest BCUT2D eigenvalue weighted by molar-refractivity contribution is -0.136. The van der Waals surface area contributed by atoms with Gasteiger partial charge in [-0.3, -0.25) is 14.6 Å². The molecule has 25 heavy (non-hydrogen) atoms. The standard InChI is InChI=1S/C18H14Cl2N2O3/c1-2-9-5-6-21-17(15(9)20)18(25)16-12(8-14(23)24)11-4-3-10(19)7-13(11)22-16/h3-7,22H,2,8H2,1H3,(H,23,24). The number of carbonyl (C=O) groups excluding carboxylic acids is 1. The van der Waals surface area contributed by atoms with Gasteiger partial charge in [0.25, 0.3) is 0 Å². The number of carbonyl (C=O) groups is 2. The molecule has 0 unspecified atom stereocenters. The zero-order chi connectivity index (χ0) is 18.1. The van der Waals surface area contributed by atoms with Crippen molar-refractivity contribution in [1.82, 2.24) is 9.97 Å². The molecule has 2 heterocycles. The third kappa shape index (κ3) is 3.25. The Balaban J connectivity index is 2.20. The molecule has 0 saturated carbocycles. The van der Waals surface area contributed by atoms with Crippen LogP contribution < -0.4 is 0 Å². The predicted molar refractivity (Wildman–Crippen MR) is 96.7 cm³/mol. The van der Waals surface area contributed by atoms with Crippen molar-refractivity contribution in [3.05, 3.63) is 63.0 Å². The largest absolute Gasteiger partial charge is 0.481 e. The first kappa shape index (κ1) is 17.5. The number of hydrogen-bond acceptors (Lipinski definition) is 3. The molecule has 3 aromatic rings. The number of hydrogen-bond donors (Lipinski definition) is 2. The van der Waals surface area contributed by atoms with Crippen molar-refractivity contribution in [1.29, 1.82) is 0 Å².